The van der Waals surface area contributed by atoms with Crippen molar-refractivity contribution >= 4 is 22.6 Å². The Morgan fingerprint density at radius 1 is 0.909 bits per heavy atom. The monoisotopic (exact) mass is 447 g/mol. The highest BCUT2D eigenvalue weighted by Crippen LogP contribution is 2.20. The molecule has 2 amide bonds. The minimum absolute atomic E-state index is 0.0307. The van der Waals surface area contributed by atoms with Crippen LogP contribution in [0.1, 0.15) is 22.3 Å². The molecule has 7 heteroatoms. The van der Waals surface area contributed by atoms with E-state index in [2.05, 4.69) is 10.3 Å². The molecule has 0 saturated carbocycles. The minimum Gasteiger partial charge on any atom is -0.322 e. The number of hydrogen-bond acceptors (Lipinski definition) is 2. The topological polar surface area (TPSA) is 65.2 Å². The van der Waals surface area contributed by atoms with Gasteiger partial charge >= 0.3 is 6.03 Å². The third-order valence-corrected chi connectivity index (χ3v) is 5.42. The number of pyridine rings is 1. The molecular formula is C26H23F2N3O2. The lowest BCUT2D eigenvalue weighted by Gasteiger charge is -2.23. The fourth-order valence-corrected chi connectivity index (χ4v) is 3.78. The van der Waals surface area contributed by atoms with Crippen LogP contribution >= 0.6 is 0 Å². The Hall–Kier alpha value is -4.00. The summed E-state index contributed by atoms with van der Waals surface area (Å²) in [6.07, 6.45) is 0. The van der Waals surface area contributed by atoms with Gasteiger partial charge in [-0.1, -0.05) is 18.2 Å². The first-order valence-corrected chi connectivity index (χ1v) is 10.5. The number of aromatic amines is 1. The number of benzene rings is 3. The van der Waals surface area contributed by atoms with E-state index in [-0.39, 0.29) is 24.5 Å². The predicted octanol–water partition coefficient (Wildman–Crippen LogP) is 5.66. The number of carbonyl (C=O) groups is 1. The number of nitrogens with zero attached hydrogens (tertiary/aromatic N) is 1. The lowest BCUT2D eigenvalue weighted by molar-refractivity contribution is 0.206. The molecule has 3 aromatic carbocycles. The van der Waals surface area contributed by atoms with E-state index in [4.69, 9.17) is 0 Å². The van der Waals surface area contributed by atoms with Crippen molar-refractivity contribution in [3.63, 3.8) is 0 Å². The summed E-state index contributed by atoms with van der Waals surface area (Å²) in [5.41, 5.74) is 4.06. The molecule has 168 valence electrons. The third kappa shape index (κ3) is 5.26. The van der Waals surface area contributed by atoms with Crippen LogP contribution in [0, 0.1) is 25.5 Å². The Bertz CT molecular complexity index is 1360. The molecular weight excluding hydrogens is 424 g/mol. The average molecular weight is 447 g/mol. The van der Waals surface area contributed by atoms with Gasteiger partial charge in [-0.25, -0.2) is 13.6 Å². The van der Waals surface area contributed by atoms with E-state index < -0.39 is 11.8 Å². The van der Waals surface area contributed by atoms with Crippen LogP contribution in [0.2, 0.25) is 0 Å². The molecule has 0 spiro atoms. The maximum atomic E-state index is 13.3. The van der Waals surface area contributed by atoms with Gasteiger partial charge in [0, 0.05) is 28.7 Å². The molecule has 0 unspecified atom stereocenters. The molecule has 4 aromatic rings. The number of amides is 2. The van der Waals surface area contributed by atoms with E-state index in [1.165, 1.54) is 41.3 Å². The molecule has 0 aliphatic heterocycles. The van der Waals surface area contributed by atoms with Gasteiger partial charge in [0.1, 0.15) is 11.6 Å². The van der Waals surface area contributed by atoms with Gasteiger partial charge in [-0.3, -0.25) is 4.79 Å². The summed E-state index contributed by atoms with van der Waals surface area (Å²) >= 11 is 0. The van der Waals surface area contributed by atoms with Gasteiger partial charge in [0.2, 0.25) is 0 Å². The second kappa shape index (κ2) is 9.24. The second-order valence-electron chi connectivity index (χ2n) is 8.09. The van der Waals surface area contributed by atoms with Gasteiger partial charge in [-0.2, -0.15) is 0 Å². The van der Waals surface area contributed by atoms with Crippen LogP contribution in [0.5, 0.6) is 0 Å². The van der Waals surface area contributed by atoms with E-state index in [1.807, 2.05) is 26.0 Å². The van der Waals surface area contributed by atoms with Crippen LogP contribution in [-0.2, 0) is 13.1 Å². The summed E-state index contributed by atoms with van der Waals surface area (Å²) in [6.45, 7) is 4.11. The van der Waals surface area contributed by atoms with Crippen molar-refractivity contribution in [3.05, 3.63) is 111 Å². The maximum Gasteiger partial charge on any atom is 0.322 e. The molecule has 1 heterocycles. The number of nitrogens with one attached hydrogen (secondary N) is 2. The summed E-state index contributed by atoms with van der Waals surface area (Å²) in [5, 5.41) is 3.63. The second-order valence-corrected chi connectivity index (χ2v) is 8.09. The molecule has 0 saturated heterocycles. The van der Waals surface area contributed by atoms with Crippen LogP contribution in [-0.4, -0.2) is 15.9 Å². The highest BCUT2D eigenvalue weighted by atomic mass is 19.1. The number of anilines is 1. The quantitative estimate of drug-likeness (QED) is 0.415. The van der Waals surface area contributed by atoms with E-state index in [9.17, 15) is 18.4 Å². The normalized spacial score (nSPS) is 10.9. The van der Waals surface area contributed by atoms with E-state index in [0.717, 1.165) is 22.0 Å². The average Bonchev–Trinajstić information content (AvgIpc) is 2.77. The van der Waals surface area contributed by atoms with Gasteiger partial charge in [-0.15, -0.1) is 0 Å². The number of urea groups is 1. The van der Waals surface area contributed by atoms with Crippen molar-refractivity contribution in [2.24, 2.45) is 0 Å². The number of aryl methyl sites for hydroxylation is 2. The van der Waals surface area contributed by atoms with Crippen LogP contribution in [0.15, 0.2) is 71.5 Å². The smallest absolute Gasteiger partial charge is 0.322 e. The SMILES string of the molecule is Cc1cc(C)c2cc(CN(Cc3ccc(F)cc3)C(=O)Nc3ccc(F)cc3)c(=O)[nH]c2c1. The number of aromatic nitrogens is 1. The zero-order valence-electron chi connectivity index (χ0n) is 18.3. The summed E-state index contributed by atoms with van der Waals surface area (Å²) in [4.78, 5) is 30.3. The highest BCUT2D eigenvalue weighted by molar-refractivity contribution is 5.89. The Morgan fingerprint density at radius 3 is 2.21 bits per heavy atom. The molecule has 0 aliphatic rings. The van der Waals surface area contributed by atoms with Crippen molar-refractivity contribution in [1.82, 2.24) is 9.88 Å². The molecule has 4 rings (SSSR count). The number of halogens is 2. The van der Waals surface area contributed by atoms with Gasteiger partial charge in [0.25, 0.3) is 5.56 Å². The first-order valence-electron chi connectivity index (χ1n) is 10.5. The summed E-state index contributed by atoms with van der Waals surface area (Å²) in [6, 6.07) is 16.5. The first kappa shape index (κ1) is 22.2. The van der Waals surface area contributed by atoms with Crippen molar-refractivity contribution in [3.8, 4) is 0 Å². The minimum atomic E-state index is -0.467. The lowest BCUT2D eigenvalue weighted by Crippen LogP contribution is -2.35. The number of rotatable bonds is 5. The molecule has 1 aromatic heterocycles. The fourth-order valence-electron chi connectivity index (χ4n) is 3.78. The number of fused-ring (bicyclic) bond motifs is 1. The number of carbonyl (C=O) groups excluding carboxylic acids is 1. The molecule has 0 fully saturated rings. The summed E-state index contributed by atoms with van der Waals surface area (Å²) in [7, 11) is 0. The Kier molecular flexibility index (Phi) is 6.22. The fraction of sp³-hybridized carbons (Fsp3) is 0.154. The first-order chi connectivity index (χ1) is 15.8. The van der Waals surface area contributed by atoms with Crippen molar-refractivity contribution in [1.29, 1.82) is 0 Å². The molecule has 2 N–H and O–H groups in total. The molecule has 0 aliphatic carbocycles. The zero-order chi connectivity index (χ0) is 23.5. The highest BCUT2D eigenvalue weighted by Gasteiger charge is 2.18. The Labute approximate surface area is 189 Å². The van der Waals surface area contributed by atoms with Crippen molar-refractivity contribution < 1.29 is 13.6 Å². The third-order valence-electron chi connectivity index (χ3n) is 5.42. The van der Waals surface area contributed by atoms with E-state index in [1.54, 1.807) is 18.2 Å². The van der Waals surface area contributed by atoms with Gasteiger partial charge in [-0.05, 0) is 79.1 Å². The molecule has 0 atom stereocenters. The van der Waals surface area contributed by atoms with E-state index >= 15 is 0 Å². The Balaban J connectivity index is 1.67. The predicted molar refractivity (Wildman–Crippen MR) is 125 cm³/mol. The lowest BCUT2D eigenvalue weighted by atomic mass is 10.0. The molecule has 0 radical (unpaired) electrons. The summed E-state index contributed by atoms with van der Waals surface area (Å²) < 4.78 is 26.6. The Morgan fingerprint density at radius 2 is 1.55 bits per heavy atom. The van der Waals surface area contributed by atoms with Gasteiger partial charge < -0.3 is 15.2 Å². The van der Waals surface area contributed by atoms with Crippen LogP contribution in [0.4, 0.5) is 19.3 Å². The van der Waals surface area contributed by atoms with Gasteiger partial charge in [0.15, 0.2) is 0 Å². The molecule has 5 nitrogen and oxygen atoms in total. The standard InChI is InChI=1S/C26H23F2N3O2/c1-16-11-17(2)23-13-19(25(32)30-24(23)12-16)15-31(14-18-3-5-20(27)6-4-18)26(33)29-22-9-7-21(28)8-10-22/h3-13H,14-15H2,1-2H3,(H,29,33)(H,30,32). The van der Waals surface area contributed by atoms with Crippen LogP contribution < -0.4 is 10.9 Å². The maximum absolute atomic E-state index is 13.3. The van der Waals surface area contributed by atoms with E-state index in [0.29, 0.717) is 16.8 Å². The van der Waals surface area contributed by atoms with Crippen LogP contribution in [0.25, 0.3) is 10.9 Å². The summed E-state index contributed by atoms with van der Waals surface area (Å²) in [5.74, 6) is -0.790. The van der Waals surface area contributed by atoms with Crippen LogP contribution in [0.3, 0.4) is 0 Å². The number of hydrogen-bond donors (Lipinski definition) is 2. The zero-order valence-corrected chi connectivity index (χ0v) is 18.3. The number of H-pyrrole nitrogens is 1. The molecule has 0 bridgehead atoms. The largest absolute Gasteiger partial charge is 0.322 e. The van der Waals surface area contributed by atoms with Crippen molar-refractivity contribution in [2.75, 3.05) is 5.32 Å². The van der Waals surface area contributed by atoms with Gasteiger partial charge in [0.05, 0.1) is 6.54 Å². The molecule has 33 heavy (non-hydrogen) atoms. The van der Waals surface area contributed by atoms with Crippen molar-refractivity contribution in [2.45, 2.75) is 26.9 Å².